The molecule has 0 spiro atoms. The average Bonchev–Trinajstić information content (AvgIpc) is 2.16. The van der Waals surface area contributed by atoms with Crippen molar-refractivity contribution in [3.63, 3.8) is 0 Å². The summed E-state index contributed by atoms with van der Waals surface area (Å²) in [6.45, 7) is 0. The van der Waals surface area contributed by atoms with E-state index in [2.05, 4.69) is 0 Å². The number of carbonyl (C=O) groups is 1. The molecule has 0 aliphatic carbocycles. The summed E-state index contributed by atoms with van der Waals surface area (Å²) in [6.07, 6.45) is 0.897. The molecule has 0 saturated carbocycles. The Hall–Kier alpha value is -1.20. The van der Waals surface area contributed by atoms with Gasteiger partial charge in [-0.3, -0.25) is 4.79 Å². The lowest BCUT2D eigenvalue weighted by Crippen LogP contribution is -2.15. The van der Waals surface area contributed by atoms with E-state index in [9.17, 15) is 9.00 Å². The smallest absolute Gasteiger partial charge is 0.311 e. The Kier molecular flexibility index (Phi) is 2.35. The first-order valence-electron chi connectivity index (χ1n) is 4.11. The molecule has 0 aromatic heterocycles. The highest BCUT2D eigenvalue weighted by Gasteiger charge is 2.17. The first-order valence-corrected chi connectivity index (χ1v) is 5.22. The second-order valence-electron chi connectivity index (χ2n) is 2.99. The normalized spacial score (nSPS) is 17.1. The number of fused-ring (bicyclic) bond motifs is 1. The van der Waals surface area contributed by atoms with E-state index in [0.29, 0.717) is 23.5 Å². The molecule has 1 aliphatic rings. The van der Waals surface area contributed by atoms with Crippen LogP contribution in [0.25, 0.3) is 0 Å². The standard InChI is InChI=1S/C9H8O4S/c10-9-4-1-6-5-7(14(11)12)2-3-8(6)13-9/h2-3,5H,1,4H2,(H,11,12). The third-order valence-electron chi connectivity index (χ3n) is 2.06. The maximum Gasteiger partial charge on any atom is 0.311 e. The van der Waals surface area contributed by atoms with Crippen molar-refractivity contribution in [1.82, 2.24) is 0 Å². The lowest BCUT2D eigenvalue weighted by atomic mass is 10.1. The zero-order valence-corrected chi connectivity index (χ0v) is 8.04. The molecule has 0 amide bonds. The van der Waals surface area contributed by atoms with E-state index in [1.54, 1.807) is 12.1 Å². The van der Waals surface area contributed by atoms with Crippen molar-refractivity contribution in [2.75, 3.05) is 0 Å². The third kappa shape index (κ3) is 1.69. The summed E-state index contributed by atoms with van der Waals surface area (Å²) in [4.78, 5) is 11.2. The zero-order valence-electron chi connectivity index (χ0n) is 7.23. The highest BCUT2D eigenvalue weighted by Crippen LogP contribution is 2.26. The highest BCUT2D eigenvalue weighted by molar-refractivity contribution is 7.79. The molecule has 1 N–H and O–H groups in total. The van der Waals surface area contributed by atoms with Gasteiger partial charge in [0.1, 0.15) is 5.75 Å². The molecule has 1 aromatic carbocycles. The number of hydrogen-bond donors (Lipinski definition) is 1. The molecular weight excluding hydrogens is 204 g/mol. The molecule has 1 aliphatic heterocycles. The zero-order chi connectivity index (χ0) is 10.1. The van der Waals surface area contributed by atoms with Gasteiger partial charge < -0.3 is 9.29 Å². The molecule has 5 heteroatoms. The van der Waals surface area contributed by atoms with Crippen LogP contribution in [0.4, 0.5) is 0 Å². The Morgan fingerprint density at radius 1 is 1.36 bits per heavy atom. The lowest BCUT2D eigenvalue weighted by molar-refractivity contribution is -0.135. The van der Waals surface area contributed by atoms with Gasteiger partial charge in [0.15, 0.2) is 11.1 Å². The summed E-state index contributed by atoms with van der Waals surface area (Å²) in [6, 6.07) is 4.63. The van der Waals surface area contributed by atoms with Crippen molar-refractivity contribution >= 4 is 17.0 Å². The Balaban J connectivity index is 2.41. The van der Waals surface area contributed by atoms with Crippen LogP contribution < -0.4 is 4.74 Å². The van der Waals surface area contributed by atoms with Gasteiger partial charge in [0, 0.05) is 0 Å². The summed E-state index contributed by atoms with van der Waals surface area (Å²) in [5.74, 6) is 0.242. The minimum Gasteiger partial charge on any atom is -0.426 e. The van der Waals surface area contributed by atoms with Crippen LogP contribution in [0.1, 0.15) is 12.0 Å². The maximum absolute atomic E-state index is 10.9. The predicted molar refractivity (Wildman–Crippen MR) is 49.4 cm³/mol. The van der Waals surface area contributed by atoms with Crippen molar-refractivity contribution in [2.45, 2.75) is 17.7 Å². The van der Waals surface area contributed by atoms with Crippen LogP contribution in [-0.2, 0) is 22.3 Å². The number of benzene rings is 1. The number of carbonyl (C=O) groups excluding carboxylic acids is 1. The van der Waals surface area contributed by atoms with Crippen molar-refractivity contribution in [3.05, 3.63) is 23.8 Å². The van der Waals surface area contributed by atoms with Crippen molar-refractivity contribution in [1.29, 1.82) is 0 Å². The van der Waals surface area contributed by atoms with Gasteiger partial charge in [-0.05, 0) is 30.2 Å². The highest BCUT2D eigenvalue weighted by atomic mass is 32.2. The van der Waals surface area contributed by atoms with Crippen LogP contribution >= 0.6 is 0 Å². The summed E-state index contributed by atoms with van der Waals surface area (Å²) in [5.41, 5.74) is 0.810. The van der Waals surface area contributed by atoms with E-state index in [1.807, 2.05) is 0 Å². The minimum absolute atomic E-state index is 0.254. The third-order valence-corrected chi connectivity index (χ3v) is 2.71. The van der Waals surface area contributed by atoms with Gasteiger partial charge in [-0.25, -0.2) is 4.21 Å². The summed E-state index contributed by atoms with van der Waals surface area (Å²) >= 11 is -1.98. The van der Waals surface area contributed by atoms with Gasteiger partial charge >= 0.3 is 5.97 Å². The Morgan fingerprint density at radius 2 is 2.14 bits per heavy atom. The quantitative estimate of drug-likeness (QED) is 0.430. The SMILES string of the molecule is O=C1CCc2cc(S(=O)O)ccc2O1. The molecule has 14 heavy (non-hydrogen) atoms. The fourth-order valence-electron chi connectivity index (χ4n) is 1.37. The minimum atomic E-state index is -1.98. The van der Waals surface area contributed by atoms with E-state index in [-0.39, 0.29) is 5.97 Å². The fraction of sp³-hybridized carbons (Fsp3) is 0.222. The van der Waals surface area contributed by atoms with Gasteiger partial charge in [-0.1, -0.05) is 0 Å². The molecule has 4 nitrogen and oxygen atoms in total. The number of esters is 1. The van der Waals surface area contributed by atoms with Crippen molar-refractivity contribution in [2.24, 2.45) is 0 Å². The van der Waals surface area contributed by atoms with Crippen LogP contribution in [-0.4, -0.2) is 14.7 Å². The van der Waals surface area contributed by atoms with Crippen LogP contribution in [0.2, 0.25) is 0 Å². The van der Waals surface area contributed by atoms with Gasteiger partial charge in [-0.2, -0.15) is 0 Å². The van der Waals surface area contributed by atoms with Crippen LogP contribution in [0.15, 0.2) is 23.1 Å². The van der Waals surface area contributed by atoms with E-state index >= 15 is 0 Å². The Labute approximate surface area is 83.2 Å². The molecule has 2 rings (SSSR count). The number of ether oxygens (including phenoxy) is 1. The predicted octanol–water partition coefficient (Wildman–Crippen LogP) is 1.12. The first-order chi connectivity index (χ1) is 6.66. The topological polar surface area (TPSA) is 63.6 Å². The van der Waals surface area contributed by atoms with E-state index in [1.165, 1.54) is 6.07 Å². The molecule has 1 aromatic rings. The summed E-state index contributed by atoms with van der Waals surface area (Å²) in [5, 5.41) is 0. The number of hydrogen-bond acceptors (Lipinski definition) is 3. The van der Waals surface area contributed by atoms with E-state index in [0.717, 1.165) is 5.56 Å². The van der Waals surface area contributed by atoms with Crippen molar-refractivity contribution < 1.29 is 18.3 Å². The Bertz CT molecular complexity index is 413. The number of rotatable bonds is 1. The molecule has 74 valence electrons. The molecule has 1 heterocycles. The van der Waals surface area contributed by atoms with Crippen molar-refractivity contribution in [3.8, 4) is 5.75 Å². The van der Waals surface area contributed by atoms with E-state index < -0.39 is 11.1 Å². The molecule has 0 bridgehead atoms. The largest absolute Gasteiger partial charge is 0.426 e. The molecule has 0 saturated heterocycles. The van der Waals surface area contributed by atoms with Gasteiger partial charge in [0.25, 0.3) is 0 Å². The van der Waals surface area contributed by atoms with Gasteiger partial charge in [0.2, 0.25) is 0 Å². The van der Waals surface area contributed by atoms with Gasteiger partial charge in [-0.15, -0.1) is 0 Å². The van der Waals surface area contributed by atoms with Crippen LogP contribution in [0, 0.1) is 0 Å². The maximum atomic E-state index is 10.9. The first kappa shape index (κ1) is 9.36. The van der Waals surface area contributed by atoms with Crippen LogP contribution in [0.5, 0.6) is 5.75 Å². The lowest BCUT2D eigenvalue weighted by Gasteiger charge is -2.15. The molecule has 0 fully saturated rings. The number of aryl methyl sites for hydroxylation is 1. The summed E-state index contributed by atoms with van der Waals surface area (Å²) in [7, 11) is 0. The second kappa shape index (κ2) is 3.51. The second-order valence-corrected chi connectivity index (χ2v) is 3.96. The Morgan fingerprint density at radius 3 is 2.86 bits per heavy atom. The fourth-order valence-corrected chi connectivity index (χ4v) is 1.80. The summed E-state index contributed by atoms with van der Waals surface area (Å²) < 4.78 is 24.5. The van der Waals surface area contributed by atoms with Crippen LogP contribution in [0.3, 0.4) is 0 Å². The average molecular weight is 212 g/mol. The van der Waals surface area contributed by atoms with Gasteiger partial charge in [0.05, 0.1) is 11.3 Å². The molecule has 1 unspecified atom stereocenters. The molecular formula is C9H8O4S. The molecule has 1 atom stereocenters. The van der Waals surface area contributed by atoms with E-state index in [4.69, 9.17) is 9.29 Å². The molecule has 0 radical (unpaired) electrons. The monoisotopic (exact) mass is 212 g/mol.